The van der Waals surface area contributed by atoms with Gasteiger partial charge in [-0.3, -0.25) is 4.67 Å². The third-order valence-corrected chi connectivity index (χ3v) is 3.51. The fraction of sp³-hybridized carbons (Fsp3) is 1.00. The summed E-state index contributed by atoms with van der Waals surface area (Å²) in [5.41, 5.74) is 0. The second-order valence-electron chi connectivity index (χ2n) is 3.51. The van der Waals surface area contributed by atoms with Crippen LogP contribution in [0.3, 0.4) is 0 Å². The fourth-order valence-electron chi connectivity index (χ4n) is 2.05. The van der Waals surface area contributed by atoms with E-state index in [-0.39, 0.29) is 0 Å². The Morgan fingerprint density at radius 1 is 1.25 bits per heavy atom. The first kappa shape index (κ1) is 10.4. The molecule has 0 aromatic rings. The Kier molecular flexibility index (Phi) is 3.95. The number of likely N-dealkylation sites (tertiary alicyclic amines) is 1. The molecule has 0 amide bonds. The minimum absolute atomic E-state index is 0.844. The first-order valence-electron chi connectivity index (χ1n) is 4.99. The minimum Gasteiger partial charge on any atom is -0.302 e. The Labute approximate surface area is 78.6 Å². The van der Waals surface area contributed by atoms with Crippen molar-refractivity contribution in [1.82, 2.24) is 9.57 Å². The van der Waals surface area contributed by atoms with Crippen LogP contribution in [-0.4, -0.2) is 41.8 Å². The maximum Gasteiger partial charge on any atom is 0.0238 e. The molecule has 2 saturated heterocycles. The molecule has 3 atom stereocenters. The van der Waals surface area contributed by atoms with E-state index < -0.39 is 0 Å². The second kappa shape index (κ2) is 4.55. The molecule has 0 radical (unpaired) electrons. The lowest BCUT2D eigenvalue weighted by atomic mass is 10.0. The Hall–Kier alpha value is 0.350. The largest absolute Gasteiger partial charge is 0.302 e. The average molecular weight is 188 g/mol. The molecule has 2 aliphatic heterocycles. The molecule has 3 unspecified atom stereocenters. The predicted molar refractivity (Wildman–Crippen MR) is 57.2 cm³/mol. The Bertz CT molecular complexity index is 138. The van der Waals surface area contributed by atoms with E-state index in [9.17, 15) is 0 Å². The van der Waals surface area contributed by atoms with Gasteiger partial charge in [-0.05, 0) is 26.4 Å². The monoisotopic (exact) mass is 188 g/mol. The van der Waals surface area contributed by atoms with Gasteiger partial charge in [-0.25, -0.2) is 0 Å². The summed E-state index contributed by atoms with van der Waals surface area (Å²) in [6.45, 7) is 6.55. The zero-order valence-corrected chi connectivity index (χ0v) is 9.61. The third kappa shape index (κ3) is 1.99. The topological polar surface area (TPSA) is 6.48 Å². The van der Waals surface area contributed by atoms with Crippen LogP contribution in [0.4, 0.5) is 0 Å². The van der Waals surface area contributed by atoms with Gasteiger partial charge in [0.15, 0.2) is 0 Å². The summed E-state index contributed by atoms with van der Waals surface area (Å²) >= 11 is 0. The van der Waals surface area contributed by atoms with E-state index in [2.05, 4.69) is 26.0 Å². The van der Waals surface area contributed by atoms with Crippen molar-refractivity contribution >= 4 is 9.39 Å². The molecule has 2 heterocycles. The normalized spacial score (nSPS) is 36.0. The zero-order valence-electron chi connectivity index (χ0n) is 8.45. The van der Waals surface area contributed by atoms with Gasteiger partial charge >= 0.3 is 0 Å². The van der Waals surface area contributed by atoms with Crippen LogP contribution < -0.4 is 0 Å². The van der Waals surface area contributed by atoms with E-state index >= 15 is 0 Å². The van der Waals surface area contributed by atoms with Crippen LogP contribution in [0.25, 0.3) is 0 Å². The Balaban J connectivity index is 0.000000336. The Morgan fingerprint density at radius 2 is 1.92 bits per heavy atom. The number of likely N-dealkylation sites (N-methyl/N-ethyl adjacent to an activating group) is 1. The highest BCUT2D eigenvalue weighted by molar-refractivity contribution is 7.13. The highest BCUT2D eigenvalue weighted by Gasteiger charge is 2.35. The van der Waals surface area contributed by atoms with Gasteiger partial charge in [-0.15, -0.1) is 0 Å². The molecule has 0 spiro atoms. The SMILES string of the molecule is CC.CN1CCC2CC1CN2P. The summed E-state index contributed by atoms with van der Waals surface area (Å²) in [6.07, 6.45) is 2.75. The number of nitrogens with zero attached hydrogens (tertiary/aromatic N) is 2. The van der Waals surface area contributed by atoms with Crippen LogP contribution in [-0.2, 0) is 0 Å². The van der Waals surface area contributed by atoms with Crippen LogP contribution in [0.15, 0.2) is 0 Å². The maximum atomic E-state index is 2.84. The highest BCUT2D eigenvalue weighted by atomic mass is 31.0. The van der Waals surface area contributed by atoms with Gasteiger partial charge in [-0.2, -0.15) is 0 Å². The van der Waals surface area contributed by atoms with Gasteiger partial charge in [0.1, 0.15) is 0 Å². The molecule has 2 nitrogen and oxygen atoms in total. The summed E-state index contributed by atoms with van der Waals surface area (Å²) in [6, 6.07) is 1.71. The van der Waals surface area contributed by atoms with Crippen molar-refractivity contribution in [3.8, 4) is 0 Å². The summed E-state index contributed by atoms with van der Waals surface area (Å²) in [4.78, 5) is 2.49. The highest BCUT2D eigenvalue weighted by Crippen LogP contribution is 2.30. The van der Waals surface area contributed by atoms with Crippen LogP contribution in [0, 0.1) is 0 Å². The van der Waals surface area contributed by atoms with Gasteiger partial charge in [0.05, 0.1) is 0 Å². The van der Waals surface area contributed by atoms with Crippen LogP contribution in [0.5, 0.6) is 0 Å². The van der Waals surface area contributed by atoms with Crippen molar-refractivity contribution in [2.45, 2.75) is 38.8 Å². The lowest BCUT2D eigenvalue weighted by molar-refractivity contribution is 0.216. The van der Waals surface area contributed by atoms with Crippen molar-refractivity contribution in [2.75, 3.05) is 20.1 Å². The first-order chi connectivity index (χ1) is 5.77. The predicted octanol–water partition coefficient (Wildman–Crippen LogP) is 1.58. The molecule has 0 aliphatic carbocycles. The van der Waals surface area contributed by atoms with Gasteiger partial charge < -0.3 is 4.90 Å². The molecule has 2 rings (SSSR count). The standard InChI is InChI=1S/C7H15N2P.C2H6/c1-8-3-2-6-4-7(8)5-9(6)10;1-2/h6-7H,2-5,10H2,1H3;1-2H3. The molecule has 0 N–H and O–H groups in total. The van der Waals surface area contributed by atoms with Gasteiger partial charge in [0, 0.05) is 18.6 Å². The average Bonchev–Trinajstić information content (AvgIpc) is 2.41. The molecular formula is C9H21N2P. The van der Waals surface area contributed by atoms with Crippen molar-refractivity contribution in [1.29, 1.82) is 0 Å². The van der Waals surface area contributed by atoms with Gasteiger partial charge in [0.2, 0.25) is 0 Å². The molecule has 2 aliphatic rings. The van der Waals surface area contributed by atoms with E-state index in [4.69, 9.17) is 0 Å². The molecule has 3 heteroatoms. The lowest BCUT2D eigenvalue weighted by Crippen LogP contribution is -2.36. The van der Waals surface area contributed by atoms with Crippen molar-refractivity contribution < 1.29 is 0 Å². The summed E-state index contributed by atoms with van der Waals surface area (Å²) < 4.78 is 2.42. The van der Waals surface area contributed by atoms with Gasteiger partial charge in [0.25, 0.3) is 0 Å². The van der Waals surface area contributed by atoms with E-state index in [1.165, 1.54) is 25.9 Å². The minimum atomic E-state index is 0.844. The van der Waals surface area contributed by atoms with E-state index in [1.54, 1.807) is 0 Å². The zero-order chi connectivity index (χ0) is 9.14. The molecule has 0 aromatic carbocycles. The Morgan fingerprint density at radius 3 is 2.50 bits per heavy atom. The van der Waals surface area contributed by atoms with Crippen molar-refractivity contribution in [3.05, 3.63) is 0 Å². The fourth-order valence-corrected chi connectivity index (χ4v) is 2.57. The van der Waals surface area contributed by atoms with E-state index in [0.29, 0.717) is 0 Å². The smallest absolute Gasteiger partial charge is 0.0238 e. The summed E-state index contributed by atoms with van der Waals surface area (Å²) in [7, 11) is 5.08. The third-order valence-electron chi connectivity index (χ3n) is 2.87. The number of rotatable bonds is 0. The molecular weight excluding hydrogens is 167 g/mol. The number of fused-ring (bicyclic) bond motifs is 2. The van der Waals surface area contributed by atoms with Crippen molar-refractivity contribution in [3.63, 3.8) is 0 Å². The molecule has 72 valence electrons. The van der Waals surface area contributed by atoms with Crippen LogP contribution >= 0.6 is 9.39 Å². The first-order valence-corrected chi connectivity index (χ1v) is 5.50. The number of hydrogen-bond acceptors (Lipinski definition) is 2. The van der Waals surface area contributed by atoms with Gasteiger partial charge in [-0.1, -0.05) is 23.2 Å². The van der Waals surface area contributed by atoms with E-state index in [0.717, 1.165) is 12.1 Å². The van der Waals surface area contributed by atoms with E-state index in [1.807, 2.05) is 13.8 Å². The second-order valence-corrected chi connectivity index (χ2v) is 4.17. The molecule has 0 aromatic heterocycles. The molecule has 2 bridgehead atoms. The number of hydrogen-bond donors (Lipinski definition) is 0. The van der Waals surface area contributed by atoms with Crippen LogP contribution in [0.1, 0.15) is 26.7 Å². The molecule has 0 saturated carbocycles. The molecule has 2 fully saturated rings. The number of piperidine rings is 1. The van der Waals surface area contributed by atoms with Crippen molar-refractivity contribution in [2.24, 2.45) is 0 Å². The molecule has 12 heavy (non-hydrogen) atoms. The summed E-state index contributed by atoms with van der Waals surface area (Å²) in [5, 5.41) is 0. The summed E-state index contributed by atoms with van der Waals surface area (Å²) in [5.74, 6) is 0. The lowest BCUT2D eigenvalue weighted by Gasteiger charge is -2.28. The van der Waals surface area contributed by atoms with Crippen LogP contribution in [0.2, 0.25) is 0 Å². The quantitative estimate of drug-likeness (QED) is 0.532. The maximum absolute atomic E-state index is 2.84.